The van der Waals surface area contributed by atoms with Gasteiger partial charge < -0.3 is 4.98 Å². The molecule has 3 heterocycles. The van der Waals surface area contributed by atoms with E-state index < -0.39 is 0 Å². The molecule has 5 heteroatoms. The summed E-state index contributed by atoms with van der Waals surface area (Å²) in [6, 6.07) is 18.4. The van der Waals surface area contributed by atoms with Gasteiger partial charge in [-0.05, 0) is 55.2 Å². The van der Waals surface area contributed by atoms with Gasteiger partial charge >= 0.3 is 0 Å². The van der Waals surface area contributed by atoms with Gasteiger partial charge in [0.15, 0.2) is 5.82 Å². The Morgan fingerprint density at radius 2 is 2.07 bits per heavy atom. The number of H-pyrrole nitrogens is 1. The van der Waals surface area contributed by atoms with Gasteiger partial charge in [-0.15, -0.1) is 5.10 Å². The molecule has 0 amide bonds. The fourth-order valence-electron chi connectivity index (χ4n) is 4.06. The number of nitriles is 1. The Kier molecular flexibility index (Phi) is 3.58. The van der Waals surface area contributed by atoms with Crippen LogP contribution in [0.3, 0.4) is 0 Å². The van der Waals surface area contributed by atoms with Gasteiger partial charge in [-0.3, -0.25) is 0 Å². The molecule has 1 aliphatic rings. The number of nitrogens with one attached hydrogen (secondary N) is 1. The average molecular weight is 353 g/mol. The summed E-state index contributed by atoms with van der Waals surface area (Å²) in [5.74, 6) is 2.05. The van der Waals surface area contributed by atoms with E-state index in [1.807, 2.05) is 24.3 Å². The summed E-state index contributed by atoms with van der Waals surface area (Å²) in [5.41, 5.74) is 5.19. The maximum atomic E-state index is 9.10. The zero-order valence-corrected chi connectivity index (χ0v) is 15.1. The van der Waals surface area contributed by atoms with Crippen LogP contribution in [0.4, 0.5) is 0 Å². The minimum Gasteiger partial charge on any atom is -0.352 e. The third-order valence-electron chi connectivity index (χ3n) is 5.43. The van der Waals surface area contributed by atoms with Crippen LogP contribution in [0.5, 0.6) is 0 Å². The summed E-state index contributed by atoms with van der Waals surface area (Å²) in [7, 11) is 0. The summed E-state index contributed by atoms with van der Waals surface area (Å²) in [6.45, 7) is 3.07. The van der Waals surface area contributed by atoms with Crippen LogP contribution in [0.2, 0.25) is 0 Å². The number of hydrogen-bond acceptors (Lipinski definition) is 3. The molecule has 0 spiro atoms. The summed E-state index contributed by atoms with van der Waals surface area (Å²) < 4.78 is 2.06. The van der Waals surface area contributed by atoms with E-state index in [9.17, 15) is 0 Å². The van der Waals surface area contributed by atoms with Crippen LogP contribution >= 0.6 is 0 Å². The van der Waals surface area contributed by atoms with E-state index >= 15 is 0 Å². The van der Waals surface area contributed by atoms with Gasteiger partial charge in [0.2, 0.25) is 0 Å². The molecule has 0 aliphatic carbocycles. The van der Waals surface area contributed by atoms with E-state index in [1.165, 1.54) is 11.1 Å². The second kappa shape index (κ2) is 6.10. The van der Waals surface area contributed by atoms with E-state index in [1.54, 1.807) is 0 Å². The van der Waals surface area contributed by atoms with Gasteiger partial charge in [0, 0.05) is 23.4 Å². The zero-order chi connectivity index (χ0) is 18.4. The Morgan fingerprint density at radius 1 is 1.19 bits per heavy atom. The molecule has 2 aromatic carbocycles. The largest absolute Gasteiger partial charge is 0.352 e. The van der Waals surface area contributed by atoms with Crippen molar-refractivity contribution >= 4 is 10.9 Å². The van der Waals surface area contributed by atoms with Gasteiger partial charge in [-0.25, -0.2) is 9.67 Å². The number of aromatic nitrogens is 4. The van der Waals surface area contributed by atoms with Crippen molar-refractivity contribution in [1.29, 1.82) is 5.26 Å². The monoisotopic (exact) mass is 353 g/mol. The van der Waals surface area contributed by atoms with E-state index in [-0.39, 0.29) is 5.92 Å². The van der Waals surface area contributed by atoms with Crippen molar-refractivity contribution in [3.8, 4) is 17.6 Å². The topological polar surface area (TPSA) is 70.3 Å². The van der Waals surface area contributed by atoms with Crippen LogP contribution in [0.15, 0.2) is 48.5 Å². The van der Waals surface area contributed by atoms with Crippen molar-refractivity contribution in [2.24, 2.45) is 0 Å². The minimum atomic E-state index is 0.288. The Balaban J connectivity index is 1.59. The molecule has 1 atom stereocenters. The molecular formula is C22H19N5. The maximum Gasteiger partial charge on any atom is 0.197 e. The van der Waals surface area contributed by atoms with Gasteiger partial charge in [0.1, 0.15) is 5.82 Å². The number of fused-ring (bicyclic) bond motifs is 2. The van der Waals surface area contributed by atoms with E-state index in [4.69, 9.17) is 15.3 Å². The van der Waals surface area contributed by atoms with Crippen molar-refractivity contribution in [2.75, 3.05) is 0 Å². The lowest BCUT2D eigenvalue weighted by Crippen LogP contribution is -2.18. The Labute approximate surface area is 157 Å². The first kappa shape index (κ1) is 15.8. The molecule has 1 aliphatic heterocycles. The number of hydrogen-bond donors (Lipinski definition) is 1. The second-order valence-corrected chi connectivity index (χ2v) is 7.16. The van der Waals surface area contributed by atoms with Crippen LogP contribution in [0.1, 0.15) is 41.3 Å². The fraction of sp³-hybridized carbons (Fsp3) is 0.227. The molecule has 5 rings (SSSR count). The highest BCUT2D eigenvalue weighted by atomic mass is 15.4. The van der Waals surface area contributed by atoms with Crippen LogP contribution in [-0.4, -0.2) is 19.7 Å². The van der Waals surface area contributed by atoms with Crippen molar-refractivity contribution < 1.29 is 0 Å². The van der Waals surface area contributed by atoms with Gasteiger partial charge in [0.05, 0.1) is 17.3 Å². The van der Waals surface area contributed by atoms with Crippen molar-refractivity contribution in [2.45, 2.75) is 32.2 Å². The smallest absolute Gasteiger partial charge is 0.197 e. The highest BCUT2D eigenvalue weighted by Crippen LogP contribution is 2.35. The average Bonchev–Trinajstić information content (AvgIpc) is 3.31. The predicted molar refractivity (Wildman–Crippen MR) is 104 cm³/mol. The predicted octanol–water partition coefficient (Wildman–Crippen LogP) is 4.53. The quantitative estimate of drug-likeness (QED) is 0.575. The molecule has 2 aromatic heterocycles. The molecule has 0 saturated carbocycles. The lowest BCUT2D eigenvalue weighted by atomic mass is 9.88. The summed E-state index contributed by atoms with van der Waals surface area (Å²) in [6.07, 6.45) is 2.20. The van der Waals surface area contributed by atoms with Gasteiger partial charge in [0.25, 0.3) is 0 Å². The summed E-state index contributed by atoms with van der Waals surface area (Å²) >= 11 is 0. The van der Waals surface area contributed by atoms with Crippen LogP contribution in [0.25, 0.3) is 22.4 Å². The van der Waals surface area contributed by atoms with Gasteiger partial charge in [-0.1, -0.05) is 24.3 Å². The molecular weight excluding hydrogens is 334 g/mol. The fourth-order valence-corrected chi connectivity index (χ4v) is 4.06. The lowest BCUT2D eigenvalue weighted by Gasteiger charge is -2.23. The highest BCUT2D eigenvalue weighted by Gasteiger charge is 2.27. The van der Waals surface area contributed by atoms with Crippen molar-refractivity contribution in [3.63, 3.8) is 0 Å². The molecule has 1 N–H and O–H groups in total. The lowest BCUT2D eigenvalue weighted by molar-refractivity contribution is 0.445. The molecule has 0 bridgehead atoms. The van der Waals surface area contributed by atoms with Crippen LogP contribution in [-0.2, 0) is 6.54 Å². The third kappa shape index (κ3) is 2.61. The third-order valence-corrected chi connectivity index (χ3v) is 5.43. The Bertz CT molecular complexity index is 1190. The molecule has 0 radical (unpaired) electrons. The number of aryl methyl sites for hydroxylation is 2. The van der Waals surface area contributed by atoms with Crippen molar-refractivity contribution in [1.82, 2.24) is 19.7 Å². The van der Waals surface area contributed by atoms with E-state index in [2.05, 4.69) is 46.9 Å². The molecule has 5 nitrogen and oxygen atoms in total. The molecule has 132 valence electrons. The minimum absolute atomic E-state index is 0.288. The molecule has 0 saturated heterocycles. The SMILES string of the molecule is Cc1ccccc1C1CCCn2nc(-c3cc4cc(C#N)ccc4[nH]3)nc21. The summed E-state index contributed by atoms with van der Waals surface area (Å²) in [4.78, 5) is 8.30. The Morgan fingerprint density at radius 3 is 2.93 bits per heavy atom. The van der Waals surface area contributed by atoms with E-state index in [0.29, 0.717) is 5.56 Å². The standard InChI is InChI=1S/C22H19N5/c1-14-5-2-3-6-17(14)18-7-4-10-27-22(18)25-21(26-27)20-12-16-11-15(13-23)8-9-19(16)24-20/h2-3,5-6,8-9,11-12,18,24H,4,7,10H2,1H3. The van der Waals surface area contributed by atoms with E-state index in [0.717, 1.165) is 47.6 Å². The maximum absolute atomic E-state index is 9.10. The van der Waals surface area contributed by atoms with Crippen LogP contribution in [0, 0.1) is 18.3 Å². The molecule has 4 aromatic rings. The number of aromatic amines is 1. The van der Waals surface area contributed by atoms with Crippen LogP contribution < -0.4 is 0 Å². The first-order chi connectivity index (χ1) is 13.2. The Hall–Kier alpha value is -3.39. The highest BCUT2D eigenvalue weighted by molar-refractivity contribution is 5.85. The molecule has 1 unspecified atom stereocenters. The molecule has 27 heavy (non-hydrogen) atoms. The molecule has 0 fully saturated rings. The first-order valence-electron chi connectivity index (χ1n) is 9.26. The second-order valence-electron chi connectivity index (χ2n) is 7.16. The first-order valence-corrected chi connectivity index (χ1v) is 9.26. The number of nitrogens with zero attached hydrogens (tertiary/aromatic N) is 4. The number of rotatable bonds is 2. The normalized spacial score (nSPS) is 16.2. The van der Waals surface area contributed by atoms with Crippen molar-refractivity contribution in [3.05, 3.63) is 71.0 Å². The zero-order valence-electron chi connectivity index (χ0n) is 15.1. The summed E-state index contributed by atoms with van der Waals surface area (Å²) in [5, 5.41) is 14.9. The number of benzene rings is 2. The van der Waals surface area contributed by atoms with Gasteiger partial charge in [-0.2, -0.15) is 5.26 Å².